The lowest BCUT2D eigenvalue weighted by Crippen LogP contribution is -2.17. The molecule has 0 unspecified atom stereocenters. The number of halogens is 1. The van der Waals surface area contributed by atoms with Crippen LogP contribution in [0, 0.1) is 5.82 Å². The molecule has 3 rings (SSSR count). The third-order valence-corrected chi connectivity index (χ3v) is 5.94. The van der Waals surface area contributed by atoms with Crippen molar-refractivity contribution in [3.8, 4) is 0 Å². The molecule has 0 aliphatic carbocycles. The summed E-state index contributed by atoms with van der Waals surface area (Å²) in [5.41, 5.74) is 0.507. The number of ether oxygens (including phenoxy) is 1. The van der Waals surface area contributed by atoms with Crippen molar-refractivity contribution in [3.05, 3.63) is 53.3 Å². The Morgan fingerprint density at radius 1 is 1.27 bits per heavy atom. The molecule has 0 fully saturated rings. The molecule has 0 saturated carbocycles. The van der Waals surface area contributed by atoms with Crippen LogP contribution in [0.4, 0.5) is 10.1 Å². The monoisotopic (exact) mass is 394 g/mol. The molecule has 1 N–H and O–H groups in total. The van der Waals surface area contributed by atoms with E-state index in [1.807, 2.05) is 0 Å². The maximum Gasteiger partial charge on any atom is 0.341 e. The Morgan fingerprint density at radius 3 is 2.69 bits per heavy atom. The van der Waals surface area contributed by atoms with Gasteiger partial charge in [0.15, 0.2) is 9.84 Å². The van der Waals surface area contributed by atoms with E-state index in [1.165, 1.54) is 29.7 Å². The highest BCUT2D eigenvalue weighted by atomic mass is 32.2. The Hall–Kier alpha value is -2.52. The first-order valence-electron chi connectivity index (χ1n) is 7.68. The maximum absolute atomic E-state index is 13.0. The number of sulfone groups is 1. The van der Waals surface area contributed by atoms with E-state index in [0.717, 1.165) is 12.1 Å². The lowest BCUT2D eigenvalue weighted by molar-refractivity contribution is 0.0527. The SMILES string of the molecule is CCOC(=O)c1cnc2sccc2c1NCS(=O)(=O)c1ccc(F)cc1. The van der Waals surface area contributed by atoms with E-state index < -0.39 is 27.5 Å². The van der Waals surface area contributed by atoms with E-state index in [4.69, 9.17) is 4.74 Å². The molecule has 0 aliphatic heterocycles. The number of rotatable bonds is 6. The van der Waals surface area contributed by atoms with Gasteiger partial charge in [-0.25, -0.2) is 22.6 Å². The highest BCUT2D eigenvalue weighted by Crippen LogP contribution is 2.30. The third-order valence-electron chi connectivity index (χ3n) is 3.60. The number of hydrogen-bond acceptors (Lipinski definition) is 7. The second kappa shape index (κ2) is 7.38. The average molecular weight is 394 g/mol. The maximum atomic E-state index is 13.0. The largest absolute Gasteiger partial charge is 0.462 e. The minimum Gasteiger partial charge on any atom is -0.462 e. The minimum absolute atomic E-state index is 0.0142. The number of carbonyl (C=O) groups is 1. The van der Waals surface area contributed by atoms with E-state index in [0.29, 0.717) is 15.9 Å². The van der Waals surface area contributed by atoms with Gasteiger partial charge in [-0.15, -0.1) is 11.3 Å². The number of benzene rings is 1. The minimum atomic E-state index is -3.73. The Morgan fingerprint density at radius 2 is 2.00 bits per heavy atom. The van der Waals surface area contributed by atoms with Crippen LogP contribution in [-0.2, 0) is 14.6 Å². The molecular weight excluding hydrogens is 379 g/mol. The molecule has 0 radical (unpaired) electrons. The van der Waals surface area contributed by atoms with Crippen molar-refractivity contribution in [2.45, 2.75) is 11.8 Å². The molecule has 0 saturated heterocycles. The number of thiophene rings is 1. The van der Waals surface area contributed by atoms with Crippen LogP contribution in [-0.4, -0.2) is 31.9 Å². The van der Waals surface area contributed by atoms with Gasteiger partial charge in [-0.1, -0.05) is 0 Å². The second-order valence-corrected chi connectivity index (χ2v) is 8.18. The number of aromatic nitrogens is 1. The number of esters is 1. The van der Waals surface area contributed by atoms with Gasteiger partial charge in [-0.05, 0) is 42.6 Å². The van der Waals surface area contributed by atoms with E-state index in [2.05, 4.69) is 10.3 Å². The summed E-state index contributed by atoms with van der Waals surface area (Å²) in [5.74, 6) is -1.56. The molecular formula is C17H15FN2O4S2. The smallest absolute Gasteiger partial charge is 0.341 e. The zero-order chi connectivity index (χ0) is 18.7. The van der Waals surface area contributed by atoms with Gasteiger partial charge in [0.25, 0.3) is 0 Å². The molecule has 9 heteroatoms. The standard InChI is InChI=1S/C17H15FN2O4S2/c1-2-24-17(21)14-9-19-16-13(7-8-25-16)15(14)20-10-26(22,23)12-5-3-11(18)4-6-12/h3-9H,2,10H2,1H3,(H,19,20). The van der Waals surface area contributed by atoms with E-state index in [1.54, 1.807) is 18.4 Å². The van der Waals surface area contributed by atoms with Crippen molar-refractivity contribution in [2.75, 3.05) is 17.8 Å². The fraction of sp³-hybridized carbons (Fsp3) is 0.176. The highest BCUT2D eigenvalue weighted by molar-refractivity contribution is 7.91. The van der Waals surface area contributed by atoms with Crippen LogP contribution in [0.1, 0.15) is 17.3 Å². The topological polar surface area (TPSA) is 85.4 Å². The van der Waals surface area contributed by atoms with Crippen LogP contribution in [0.25, 0.3) is 10.2 Å². The van der Waals surface area contributed by atoms with Gasteiger partial charge < -0.3 is 10.1 Å². The number of anilines is 1. The van der Waals surface area contributed by atoms with Crippen molar-refractivity contribution in [2.24, 2.45) is 0 Å². The molecule has 2 heterocycles. The van der Waals surface area contributed by atoms with Crippen molar-refractivity contribution in [3.63, 3.8) is 0 Å². The molecule has 0 atom stereocenters. The summed E-state index contributed by atoms with van der Waals surface area (Å²) in [6, 6.07) is 6.32. The Bertz CT molecular complexity index is 1050. The number of nitrogens with zero attached hydrogens (tertiary/aromatic N) is 1. The van der Waals surface area contributed by atoms with Gasteiger partial charge in [0.2, 0.25) is 0 Å². The van der Waals surface area contributed by atoms with Crippen LogP contribution in [0.15, 0.2) is 46.8 Å². The second-order valence-electron chi connectivity index (χ2n) is 5.30. The zero-order valence-electron chi connectivity index (χ0n) is 13.7. The molecule has 26 heavy (non-hydrogen) atoms. The summed E-state index contributed by atoms with van der Waals surface area (Å²) in [7, 11) is -3.73. The quantitative estimate of drug-likeness (QED) is 0.509. The van der Waals surface area contributed by atoms with Gasteiger partial charge in [0, 0.05) is 11.6 Å². The van der Waals surface area contributed by atoms with Crippen molar-refractivity contribution in [1.29, 1.82) is 0 Å². The summed E-state index contributed by atoms with van der Waals surface area (Å²) < 4.78 is 43.0. The Kier molecular flexibility index (Phi) is 5.19. The predicted octanol–water partition coefficient (Wildman–Crippen LogP) is 3.46. The molecule has 0 aliphatic rings. The summed E-state index contributed by atoms with van der Waals surface area (Å²) in [6.45, 7) is 1.87. The number of hydrogen-bond donors (Lipinski definition) is 1. The van der Waals surface area contributed by atoms with Crippen LogP contribution in [0.3, 0.4) is 0 Å². The van der Waals surface area contributed by atoms with Gasteiger partial charge in [-0.3, -0.25) is 0 Å². The van der Waals surface area contributed by atoms with Crippen LogP contribution < -0.4 is 5.32 Å². The number of nitrogens with one attached hydrogen (secondary N) is 1. The molecule has 2 aromatic heterocycles. The Labute approximate surface area is 153 Å². The number of pyridine rings is 1. The number of carbonyl (C=O) groups excluding carboxylic acids is 1. The molecule has 136 valence electrons. The summed E-state index contributed by atoms with van der Waals surface area (Å²) in [6.07, 6.45) is 1.36. The van der Waals surface area contributed by atoms with Gasteiger partial charge in [0.05, 0.1) is 17.2 Å². The van der Waals surface area contributed by atoms with Gasteiger partial charge >= 0.3 is 5.97 Å². The normalized spacial score (nSPS) is 11.5. The third kappa shape index (κ3) is 3.68. The molecule has 0 amide bonds. The number of fused-ring (bicyclic) bond motifs is 1. The van der Waals surface area contributed by atoms with Crippen molar-refractivity contribution in [1.82, 2.24) is 4.98 Å². The lowest BCUT2D eigenvalue weighted by Gasteiger charge is -2.13. The molecule has 6 nitrogen and oxygen atoms in total. The molecule has 0 spiro atoms. The van der Waals surface area contributed by atoms with Crippen LogP contribution >= 0.6 is 11.3 Å². The Balaban J connectivity index is 1.94. The van der Waals surface area contributed by atoms with Crippen LogP contribution in [0.2, 0.25) is 0 Å². The first-order chi connectivity index (χ1) is 12.4. The van der Waals surface area contributed by atoms with Gasteiger partial charge in [0.1, 0.15) is 22.1 Å². The first kappa shape index (κ1) is 18.3. The summed E-state index contributed by atoms with van der Waals surface area (Å²) in [5, 5.41) is 5.25. The summed E-state index contributed by atoms with van der Waals surface area (Å²) in [4.78, 5) is 17.0. The van der Waals surface area contributed by atoms with E-state index >= 15 is 0 Å². The zero-order valence-corrected chi connectivity index (χ0v) is 15.4. The van der Waals surface area contributed by atoms with Crippen molar-refractivity contribution >= 4 is 43.0 Å². The fourth-order valence-corrected chi connectivity index (χ4v) is 4.17. The van der Waals surface area contributed by atoms with E-state index in [-0.39, 0.29) is 17.1 Å². The van der Waals surface area contributed by atoms with Crippen molar-refractivity contribution < 1.29 is 22.3 Å². The molecule has 3 aromatic rings. The molecule has 1 aromatic carbocycles. The average Bonchev–Trinajstić information content (AvgIpc) is 3.09. The lowest BCUT2D eigenvalue weighted by atomic mass is 10.2. The molecule has 0 bridgehead atoms. The predicted molar refractivity (Wildman–Crippen MR) is 97.7 cm³/mol. The first-order valence-corrected chi connectivity index (χ1v) is 10.2. The fourth-order valence-electron chi connectivity index (χ4n) is 2.37. The van der Waals surface area contributed by atoms with Gasteiger partial charge in [-0.2, -0.15) is 0 Å². The van der Waals surface area contributed by atoms with Crippen LogP contribution in [0.5, 0.6) is 0 Å². The van der Waals surface area contributed by atoms with E-state index in [9.17, 15) is 17.6 Å². The highest BCUT2D eigenvalue weighted by Gasteiger charge is 2.20. The summed E-state index contributed by atoms with van der Waals surface area (Å²) >= 11 is 1.37.